The fourth-order valence-corrected chi connectivity index (χ4v) is 4.00. The second kappa shape index (κ2) is 9.12. The van der Waals surface area contributed by atoms with Gasteiger partial charge in [0.2, 0.25) is 0 Å². The molecule has 0 atom stereocenters. The number of ketones is 1. The minimum Gasteiger partial charge on any atom is -0.357 e. The van der Waals surface area contributed by atoms with Crippen LogP contribution in [0.15, 0.2) is 48.7 Å². The molecule has 0 radical (unpaired) electrons. The van der Waals surface area contributed by atoms with Crippen LogP contribution in [-0.4, -0.2) is 39.5 Å². The van der Waals surface area contributed by atoms with Gasteiger partial charge in [-0.2, -0.15) is 5.10 Å². The van der Waals surface area contributed by atoms with Crippen molar-refractivity contribution in [3.8, 4) is 5.69 Å². The first-order chi connectivity index (χ1) is 15.0. The highest BCUT2D eigenvalue weighted by Crippen LogP contribution is 2.19. The van der Waals surface area contributed by atoms with Crippen molar-refractivity contribution in [1.29, 1.82) is 0 Å². The van der Waals surface area contributed by atoms with E-state index in [1.54, 1.807) is 24.7 Å². The topological polar surface area (TPSA) is 80.1 Å². The first-order valence-corrected chi connectivity index (χ1v) is 10.7. The number of rotatable bonds is 6. The smallest absolute Gasteiger partial charge is 0.292 e. The van der Waals surface area contributed by atoms with Crippen LogP contribution in [-0.2, 0) is 11.3 Å². The molecule has 1 amide bonds. The minimum atomic E-state index is -0.640. The average Bonchev–Trinajstić information content (AvgIpc) is 3.12. The van der Waals surface area contributed by atoms with Gasteiger partial charge in [0.1, 0.15) is 5.82 Å². The summed E-state index contributed by atoms with van der Waals surface area (Å²) in [6, 6.07) is 13.5. The van der Waals surface area contributed by atoms with E-state index in [2.05, 4.69) is 20.3 Å². The van der Waals surface area contributed by atoms with E-state index < -0.39 is 11.7 Å². The Kier molecular flexibility index (Phi) is 6.11. The lowest BCUT2D eigenvalue weighted by Crippen LogP contribution is -2.31. The number of carbonyl (C=O) groups excluding carboxylic acids is 2. The van der Waals surface area contributed by atoms with Gasteiger partial charge in [0.05, 0.1) is 22.6 Å². The van der Waals surface area contributed by atoms with E-state index in [9.17, 15) is 9.59 Å². The molecule has 2 aromatic heterocycles. The number of pyridine rings is 1. The summed E-state index contributed by atoms with van der Waals surface area (Å²) in [4.78, 5) is 32.2. The molecule has 0 spiro atoms. The average molecular weight is 418 g/mol. The Morgan fingerprint density at radius 2 is 1.74 bits per heavy atom. The van der Waals surface area contributed by atoms with Crippen molar-refractivity contribution in [3.63, 3.8) is 0 Å². The van der Waals surface area contributed by atoms with Crippen LogP contribution < -0.4 is 10.2 Å². The van der Waals surface area contributed by atoms with Crippen LogP contribution in [0.1, 0.15) is 46.6 Å². The Balaban J connectivity index is 1.41. The zero-order chi connectivity index (χ0) is 21.8. The molecule has 4 rings (SSSR count). The number of aryl methyl sites for hydroxylation is 1. The van der Waals surface area contributed by atoms with Gasteiger partial charge in [-0.15, -0.1) is 0 Å². The first-order valence-electron chi connectivity index (χ1n) is 10.7. The minimum absolute atomic E-state index is 0.253. The van der Waals surface area contributed by atoms with E-state index in [1.807, 2.05) is 42.5 Å². The molecule has 0 saturated carbocycles. The zero-order valence-electron chi connectivity index (χ0n) is 18.0. The van der Waals surface area contributed by atoms with Crippen molar-refractivity contribution in [2.24, 2.45) is 0 Å². The van der Waals surface area contributed by atoms with Crippen LogP contribution >= 0.6 is 0 Å². The lowest BCUT2D eigenvalue weighted by atomic mass is 10.1. The summed E-state index contributed by atoms with van der Waals surface area (Å²) < 4.78 is 1.69. The lowest BCUT2D eigenvalue weighted by Gasteiger charge is -2.27. The number of amides is 1. The van der Waals surface area contributed by atoms with E-state index in [1.165, 1.54) is 19.3 Å². The van der Waals surface area contributed by atoms with Crippen LogP contribution in [0.3, 0.4) is 0 Å². The standard InChI is InChI=1S/C24H27N5O2/c1-17-22(18(2)29(27-17)20-9-5-3-6-10-20)23(30)24(31)26-16-19-11-12-21(25-15-19)28-13-7-4-8-14-28/h3,5-6,9-12,15H,4,7-8,13-14,16H2,1-2H3,(H,26,31). The maximum atomic E-state index is 12.8. The quantitative estimate of drug-likeness (QED) is 0.491. The zero-order valence-corrected chi connectivity index (χ0v) is 18.0. The maximum absolute atomic E-state index is 12.8. The van der Waals surface area contributed by atoms with Crippen molar-refractivity contribution in [2.75, 3.05) is 18.0 Å². The van der Waals surface area contributed by atoms with Gasteiger partial charge < -0.3 is 10.2 Å². The van der Waals surface area contributed by atoms with Crippen molar-refractivity contribution in [1.82, 2.24) is 20.1 Å². The van der Waals surface area contributed by atoms with E-state index in [0.29, 0.717) is 17.0 Å². The van der Waals surface area contributed by atoms with Crippen LogP contribution in [0.2, 0.25) is 0 Å². The number of aromatic nitrogens is 3. The van der Waals surface area contributed by atoms with E-state index >= 15 is 0 Å². The summed E-state index contributed by atoms with van der Waals surface area (Å²) in [5.74, 6) is -0.251. The van der Waals surface area contributed by atoms with Crippen molar-refractivity contribution in [3.05, 3.63) is 71.2 Å². The third-order valence-electron chi connectivity index (χ3n) is 5.67. The van der Waals surface area contributed by atoms with Crippen LogP contribution in [0, 0.1) is 13.8 Å². The van der Waals surface area contributed by atoms with Gasteiger partial charge in [0, 0.05) is 25.8 Å². The number of hydrogen-bond acceptors (Lipinski definition) is 5. The highest BCUT2D eigenvalue weighted by molar-refractivity contribution is 6.43. The number of nitrogens with zero attached hydrogens (tertiary/aromatic N) is 4. The van der Waals surface area contributed by atoms with Gasteiger partial charge in [-0.25, -0.2) is 9.67 Å². The molecular formula is C24H27N5O2. The van der Waals surface area contributed by atoms with E-state index in [0.717, 1.165) is 30.2 Å². The normalized spacial score (nSPS) is 13.8. The number of Topliss-reactive ketones (excluding diaryl/α,β-unsaturated/α-hetero) is 1. The number of para-hydroxylation sites is 1. The molecule has 31 heavy (non-hydrogen) atoms. The van der Waals surface area contributed by atoms with Crippen molar-refractivity contribution < 1.29 is 9.59 Å². The summed E-state index contributed by atoms with van der Waals surface area (Å²) in [5, 5.41) is 7.18. The third kappa shape index (κ3) is 4.50. The molecule has 7 nitrogen and oxygen atoms in total. The van der Waals surface area contributed by atoms with Gasteiger partial charge in [-0.3, -0.25) is 9.59 Å². The second-order valence-corrected chi connectivity index (χ2v) is 7.88. The molecule has 160 valence electrons. The highest BCUT2D eigenvalue weighted by atomic mass is 16.2. The number of nitrogens with one attached hydrogen (secondary N) is 1. The fraction of sp³-hybridized carbons (Fsp3) is 0.333. The Labute approximate surface area is 182 Å². The SMILES string of the molecule is Cc1nn(-c2ccccc2)c(C)c1C(=O)C(=O)NCc1ccc(N2CCCCC2)nc1. The maximum Gasteiger partial charge on any atom is 0.292 e. The lowest BCUT2D eigenvalue weighted by molar-refractivity contribution is -0.117. The molecule has 1 aliphatic rings. The van der Waals surface area contributed by atoms with Crippen LogP contribution in [0.25, 0.3) is 5.69 Å². The van der Waals surface area contributed by atoms with Crippen LogP contribution in [0.4, 0.5) is 5.82 Å². The van der Waals surface area contributed by atoms with Gasteiger partial charge in [-0.1, -0.05) is 24.3 Å². The third-order valence-corrected chi connectivity index (χ3v) is 5.67. The molecule has 0 bridgehead atoms. The second-order valence-electron chi connectivity index (χ2n) is 7.88. The molecular weight excluding hydrogens is 390 g/mol. The Morgan fingerprint density at radius 1 is 1.00 bits per heavy atom. The Bertz CT molecular complexity index is 1070. The predicted octanol–water partition coefficient (Wildman–Crippen LogP) is 3.37. The predicted molar refractivity (Wildman–Crippen MR) is 120 cm³/mol. The largest absolute Gasteiger partial charge is 0.357 e. The molecule has 1 fully saturated rings. The summed E-state index contributed by atoms with van der Waals surface area (Å²) in [6.07, 6.45) is 5.43. The summed E-state index contributed by atoms with van der Waals surface area (Å²) in [6.45, 7) is 5.87. The first kappa shape index (κ1) is 20.8. The highest BCUT2D eigenvalue weighted by Gasteiger charge is 2.25. The summed E-state index contributed by atoms with van der Waals surface area (Å²) in [5.41, 5.74) is 3.24. The van der Waals surface area contributed by atoms with Gasteiger partial charge >= 0.3 is 0 Å². The molecule has 1 aliphatic heterocycles. The molecule has 7 heteroatoms. The Hall–Kier alpha value is -3.48. The monoisotopic (exact) mass is 417 g/mol. The van der Waals surface area contributed by atoms with E-state index in [-0.39, 0.29) is 6.54 Å². The Morgan fingerprint density at radius 3 is 2.42 bits per heavy atom. The van der Waals surface area contributed by atoms with Gasteiger partial charge in [0.15, 0.2) is 0 Å². The van der Waals surface area contributed by atoms with Gasteiger partial charge in [0.25, 0.3) is 11.7 Å². The molecule has 1 saturated heterocycles. The number of anilines is 1. The molecule has 1 aromatic carbocycles. The molecule has 0 unspecified atom stereocenters. The number of benzene rings is 1. The van der Waals surface area contributed by atoms with Gasteiger partial charge in [-0.05, 0) is 56.9 Å². The summed E-state index contributed by atoms with van der Waals surface area (Å²) >= 11 is 0. The molecule has 3 heterocycles. The fourth-order valence-electron chi connectivity index (χ4n) is 4.00. The van der Waals surface area contributed by atoms with Crippen LogP contribution in [0.5, 0.6) is 0 Å². The van der Waals surface area contributed by atoms with Crippen molar-refractivity contribution >= 4 is 17.5 Å². The molecule has 0 aliphatic carbocycles. The molecule has 1 N–H and O–H groups in total. The van der Waals surface area contributed by atoms with E-state index in [4.69, 9.17) is 0 Å². The molecule has 3 aromatic rings. The number of carbonyl (C=O) groups is 2. The van der Waals surface area contributed by atoms with Crippen molar-refractivity contribution in [2.45, 2.75) is 39.7 Å². The number of piperidine rings is 1. The number of hydrogen-bond donors (Lipinski definition) is 1. The summed E-state index contributed by atoms with van der Waals surface area (Å²) in [7, 11) is 0.